The zero-order valence-electron chi connectivity index (χ0n) is 13.1. The molecule has 2 aromatic rings. The molecule has 1 saturated heterocycles. The molecule has 0 bridgehead atoms. The lowest BCUT2D eigenvalue weighted by molar-refractivity contribution is -0.305. The predicted octanol–water partition coefficient (Wildman–Crippen LogP) is 1.91. The van der Waals surface area contributed by atoms with Crippen LogP contribution in [0.25, 0.3) is 17.4 Å². The molecule has 25 heavy (non-hydrogen) atoms. The Kier molecular flexibility index (Phi) is 4.91. The summed E-state index contributed by atoms with van der Waals surface area (Å²) in [6.07, 6.45) is 1.54. The molecule has 3 rings (SSSR count). The quantitative estimate of drug-likeness (QED) is 0.584. The van der Waals surface area contributed by atoms with E-state index < -0.39 is 18.4 Å². The zero-order chi connectivity index (χ0) is 18.0. The molecule has 1 aliphatic rings. The molecule has 8 heteroatoms. The molecule has 0 saturated carbocycles. The monoisotopic (exact) mass is 374 g/mol. The molecule has 0 spiro atoms. The number of thiocarbonyl (C=S) groups is 1. The van der Waals surface area contributed by atoms with Crippen LogP contribution in [0.2, 0.25) is 0 Å². The Balaban J connectivity index is 1.80. The lowest BCUT2D eigenvalue weighted by Crippen LogP contribution is -2.40. The maximum Gasteiger partial charge on any atom is 0.266 e. The molecule has 2 heterocycles. The number of rotatable bonds is 5. The van der Waals surface area contributed by atoms with Gasteiger partial charge in [-0.05, 0) is 36.4 Å². The Morgan fingerprint density at radius 2 is 2.04 bits per heavy atom. The molecule has 128 valence electrons. The van der Waals surface area contributed by atoms with Gasteiger partial charge in [-0.25, -0.2) is 0 Å². The standard InChI is InChI=1S/C17H13NO5S2/c1-22-11-4-2-10(3-5-11)13-7-6-12(23-13)8-14-16(21)18(9-15(19)20)17(24)25-14/h2-8H,9H2,1H3,(H,19,20)/p-1/b14-8+. The molecule has 1 amide bonds. The molecule has 0 N–H and O–H groups in total. The summed E-state index contributed by atoms with van der Waals surface area (Å²) in [6, 6.07) is 10.9. The van der Waals surface area contributed by atoms with Crippen LogP contribution < -0.4 is 9.84 Å². The number of hydrogen-bond acceptors (Lipinski definition) is 7. The fourth-order valence-corrected chi connectivity index (χ4v) is 3.47. The number of benzene rings is 1. The minimum atomic E-state index is -1.36. The van der Waals surface area contributed by atoms with E-state index in [9.17, 15) is 14.7 Å². The highest BCUT2D eigenvalue weighted by molar-refractivity contribution is 8.26. The van der Waals surface area contributed by atoms with Crippen molar-refractivity contribution in [3.63, 3.8) is 0 Å². The third kappa shape index (κ3) is 3.75. The van der Waals surface area contributed by atoms with Crippen LogP contribution in [0.3, 0.4) is 0 Å². The average Bonchev–Trinajstić information content (AvgIpc) is 3.15. The van der Waals surface area contributed by atoms with E-state index in [1.165, 1.54) is 0 Å². The molecule has 1 aromatic carbocycles. The van der Waals surface area contributed by atoms with E-state index in [-0.39, 0.29) is 4.32 Å². The number of methoxy groups -OCH3 is 1. The van der Waals surface area contributed by atoms with Crippen molar-refractivity contribution in [2.24, 2.45) is 0 Å². The second-order valence-electron chi connectivity index (χ2n) is 5.07. The van der Waals surface area contributed by atoms with Crippen molar-refractivity contribution < 1.29 is 23.8 Å². The lowest BCUT2D eigenvalue weighted by Gasteiger charge is -2.14. The number of carboxylic acid groups (broad SMARTS) is 1. The molecule has 1 fully saturated rings. The van der Waals surface area contributed by atoms with Gasteiger partial charge >= 0.3 is 0 Å². The summed E-state index contributed by atoms with van der Waals surface area (Å²) in [5.41, 5.74) is 0.866. The second kappa shape index (κ2) is 7.12. The van der Waals surface area contributed by atoms with E-state index in [0.29, 0.717) is 16.4 Å². The maximum atomic E-state index is 12.2. The van der Waals surface area contributed by atoms with Gasteiger partial charge in [0.25, 0.3) is 5.91 Å². The largest absolute Gasteiger partial charge is 0.548 e. The topological polar surface area (TPSA) is 82.8 Å². The number of carbonyl (C=O) groups excluding carboxylic acids is 2. The molecule has 0 aliphatic carbocycles. The van der Waals surface area contributed by atoms with E-state index in [2.05, 4.69) is 0 Å². The van der Waals surface area contributed by atoms with Crippen LogP contribution in [0, 0.1) is 0 Å². The fourth-order valence-electron chi connectivity index (χ4n) is 2.24. The van der Waals surface area contributed by atoms with Gasteiger partial charge in [-0.15, -0.1) is 0 Å². The summed E-state index contributed by atoms with van der Waals surface area (Å²) < 4.78 is 11.0. The summed E-state index contributed by atoms with van der Waals surface area (Å²) in [5.74, 6) is 0.0185. The number of carboxylic acids is 1. The van der Waals surface area contributed by atoms with E-state index in [4.69, 9.17) is 21.4 Å². The van der Waals surface area contributed by atoms with Crippen molar-refractivity contribution >= 4 is 46.3 Å². The number of amides is 1. The molecule has 6 nitrogen and oxygen atoms in total. The summed E-state index contributed by atoms with van der Waals surface area (Å²) in [4.78, 5) is 24.2. The van der Waals surface area contributed by atoms with Crippen LogP contribution in [-0.4, -0.2) is 34.8 Å². The highest BCUT2D eigenvalue weighted by Gasteiger charge is 2.32. The van der Waals surface area contributed by atoms with Gasteiger partial charge in [-0.3, -0.25) is 9.69 Å². The van der Waals surface area contributed by atoms with Gasteiger partial charge in [-0.1, -0.05) is 24.0 Å². The molecular formula is C17H12NO5S2-. The van der Waals surface area contributed by atoms with Crippen molar-refractivity contribution in [2.45, 2.75) is 0 Å². The number of nitrogens with zero attached hydrogens (tertiary/aromatic N) is 1. The smallest absolute Gasteiger partial charge is 0.266 e. The van der Waals surface area contributed by atoms with Crippen LogP contribution >= 0.6 is 24.0 Å². The number of carbonyl (C=O) groups is 2. The van der Waals surface area contributed by atoms with Crippen LogP contribution in [0.4, 0.5) is 0 Å². The normalized spacial score (nSPS) is 15.9. The van der Waals surface area contributed by atoms with Crippen LogP contribution in [0.15, 0.2) is 45.7 Å². The van der Waals surface area contributed by atoms with Gasteiger partial charge in [0, 0.05) is 11.6 Å². The molecular weight excluding hydrogens is 362 g/mol. The number of hydrogen-bond donors (Lipinski definition) is 0. The Labute approximate surface area is 153 Å². The van der Waals surface area contributed by atoms with Gasteiger partial charge in [0.05, 0.1) is 24.5 Å². The van der Waals surface area contributed by atoms with Crippen molar-refractivity contribution in [1.29, 1.82) is 0 Å². The summed E-state index contributed by atoms with van der Waals surface area (Å²) in [5, 5.41) is 10.7. The lowest BCUT2D eigenvalue weighted by atomic mass is 10.2. The van der Waals surface area contributed by atoms with Crippen molar-refractivity contribution in [1.82, 2.24) is 4.90 Å². The van der Waals surface area contributed by atoms with Gasteiger partial charge in [0.15, 0.2) is 0 Å². The average molecular weight is 374 g/mol. The first-order valence-electron chi connectivity index (χ1n) is 7.17. The van der Waals surface area contributed by atoms with Gasteiger partial charge in [0.1, 0.15) is 21.6 Å². The van der Waals surface area contributed by atoms with Crippen LogP contribution in [-0.2, 0) is 9.59 Å². The highest BCUT2D eigenvalue weighted by atomic mass is 32.2. The fraction of sp³-hybridized carbons (Fsp3) is 0.118. The molecule has 0 unspecified atom stereocenters. The van der Waals surface area contributed by atoms with Crippen molar-refractivity contribution in [2.75, 3.05) is 13.7 Å². The minimum Gasteiger partial charge on any atom is -0.548 e. The maximum absolute atomic E-state index is 12.2. The highest BCUT2D eigenvalue weighted by Crippen LogP contribution is 2.33. The summed E-state index contributed by atoms with van der Waals surface area (Å²) in [7, 11) is 1.59. The molecule has 1 aliphatic heterocycles. The van der Waals surface area contributed by atoms with E-state index in [0.717, 1.165) is 28.0 Å². The van der Waals surface area contributed by atoms with Gasteiger partial charge in [-0.2, -0.15) is 0 Å². The SMILES string of the molecule is COc1ccc(-c2ccc(/C=C3/SC(=S)N(CC(=O)[O-])C3=O)o2)cc1. The first-order valence-corrected chi connectivity index (χ1v) is 8.40. The molecule has 0 atom stereocenters. The number of aliphatic carboxylic acids is 1. The first-order chi connectivity index (χ1) is 12.0. The van der Waals surface area contributed by atoms with E-state index >= 15 is 0 Å². The van der Waals surface area contributed by atoms with Gasteiger partial charge in [0.2, 0.25) is 0 Å². The van der Waals surface area contributed by atoms with Crippen LogP contribution in [0.1, 0.15) is 5.76 Å². The van der Waals surface area contributed by atoms with Crippen molar-refractivity contribution in [3.05, 3.63) is 47.1 Å². The van der Waals surface area contributed by atoms with Gasteiger partial charge < -0.3 is 19.1 Å². The first kappa shape index (κ1) is 17.2. The summed E-state index contributed by atoms with van der Waals surface area (Å²) in [6.45, 7) is -0.558. The van der Waals surface area contributed by atoms with Crippen molar-refractivity contribution in [3.8, 4) is 17.1 Å². The predicted molar refractivity (Wildman–Crippen MR) is 95.6 cm³/mol. The Morgan fingerprint density at radius 3 is 2.68 bits per heavy atom. The molecule has 1 aromatic heterocycles. The van der Waals surface area contributed by atoms with Crippen LogP contribution in [0.5, 0.6) is 5.75 Å². The number of thioether (sulfide) groups is 1. The number of ether oxygens (including phenoxy) is 1. The Morgan fingerprint density at radius 1 is 1.32 bits per heavy atom. The van der Waals surface area contributed by atoms with E-state index in [1.807, 2.05) is 24.3 Å². The summed E-state index contributed by atoms with van der Waals surface area (Å²) >= 11 is 6.06. The minimum absolute atomic E-state index is 0.183. The second-order valence-corrected chi connectivity index (χ2v) is 6.75. The Bertz CT molecular complexity index is 869. The Hall–Kier alpha value is -2.58. The zero-order valence-corrected chi connectivity index (χ0v) is 14.7. The molecule has 0 radical (unpaired) electrons. The third-order valence-electron chi connectivity index (χ3n) is 3.44. The number of furan rings is 1. The third-order valence-corrected chi connectivity index (χ3v) is 4.81. The van der Waals surface area contributed by atoms with E-state index in [1.54, 1.807) is 25.3 Å².